The van der Waals surface area contributed by atoms with Gasteiger partial charge in [-0.05, 0) is 20.3 Å². The monoisotopic (exact) mass is 210 g/mol. The smallest absolute Gasteiger partial charge is 0.197 e. The van der Waals surface area contributed by atoms with Crippen molar-refractivity contribution in [1.29, 1.82) is 0 Å². The summed E-state index contributed by atoms with van der Waals surface area (Å²) in [6.07, 6.45) is 3.96. The van der Waals surface area contributed by atoms with Gasteiger partial charge in [-0.3, -0.25) is 9.48 Å². The van der Waals surface area contributed by atoms with Crippen molar-refractivity contribution in [2.75, 3.05) is 6.61 Å². The number of aromatic nitrogens is 2. The first-order valence-corrected chi connectivity index (χ1v) is 5.21. The van der Waals surface area contributed by atoms with E-state index in [9.17, 15) is 4.79 Å². The standard InChI is InChI=1S/C11H18N2O2/c1-5-11(3,15-6-2)10(14)9-7-12-13(4)8-9/h7-8H,5-6H2,1-4H3. The second-order valence-corrected chi connectivity index (χ2v) is 3.75. The molecule has 0 aliphatic rings. The molecule has 4 heteroatoms. The molecule has 0 saturated heterocycles. The van der Waals surface area contributed by atoms with E-state index in [0.717, 1.165) is 0 Å². The Morgan fingerprint density at radius 2 is 2.27 bits per heavy atom. The molecule has 0 radical (unpaired) electrons. The Kier molecular flexibility index (Phi) is 3.63. The molecule has 84 valence electrons. The maximum atomic E-state index is 12.1. The maximum Gasteiger partial charge on any atom is 0.197 e. The average molecular weight is 210 g/mol. The Hall–Kier alpha value is -1.16. The van der Waals surface area contributed by atoms with Crippen molar-refractivity contribution in [1.82, 2.24) is 9.78 Å². The zero-order valence-electron chi connectivity index (χ0n) is 9.78. The van der Waals surface area contributed by atoms with Crippen molar-refractivity contribution in [3.05, 3.63) is 18.0 Å². The van der Waals surface area contributed by atoms with Crippen molar-refractivity contribution < 1.29 is 9.53 Å². The Morgan fingerprint density at radius 1 is 1.60 bits per heavy atom. The zero-order valence-corrected chi connectivity index (χ0v) is 9.78. The van der Waals surface area contributed by atoms with Gasteiger partial charge in [-0.1, -0.05) is 6.92 Å². The Bertz CT molecular complexity index is 346. The molecular weight excluding hydrogens is 192 g/mol. The van der Waals surface area contributed by atoms with E-state index in [-0.39, 0.29) is 5.78 Å². The Balaban J connectivity index is 2.91. The molecule has 0 aliphatic carbocycles. The third-order valence-corrected chi connectivity index (χ3v) is 2.58. The topological polar surface area (TPSA) is 44.1 Å². The first kappa shape index (κ1) is 11.9. The average Bonchev–Trinajstić information content (AvgIpc) is 2.64. The molecule has 0 spiro atoms. The molecule has 1 atom stereocenters. The summed E-state index contributed by atoms with van der Waals surface area (Å²) in [4.78, 5) is 12.1. The van der Waals surface area contributed by atoms with Crippen molar-refractivity contribution in [2.45, 2.75) is 32.8 Å². The summed E-state index contributed by atoms with van der Waals surface area (Å²) < 4.78 is 7.14. The van der Waals surface area contributed by atoms with Crippen molar-refractivity contribution in [2.24, 2.45) is 7.05 Å². The molecule has 0 aromatic carbocycles. The number of rotatable bonds is 5. The fourth-order valence-electron chi connectivity index (χ4n) is 1.49. The summed E-state index contributed by atoms with van der Waals surface area (Å²) in [7, 11) is 1.79. The summed E-state index contributed by atoms with van der Waals surface area (Å²) >= 11 is 0. The van der Waals surface area contributed by atoms with Crippen LogP contribution < -0.4 is 0 Å². The van der Waals surface area contributed by atoms with Gasteiger partial charge < -0.3 is 4.74 Å². The van der Waals surface area contributed by atoms with E-state index in [1.165, 1.54) is 0 Å². The normalized spacial score (nSPS) is 14.9. The van der Waals surface area contributed by atoms with Crippen LogP contribution in [-0.4, -0.2) is 27.8 Å². The van der Waals surface area contributed by atoms with Gasteiger partial charge in [-0.2, -0.15) is 5.10 Å². The molecule has 0 fully saturated rings. The second kappa shape index (κ2) is 4.57. The van der Waals surface area contributed by atoms with Crippen molar-refractivity contribution in [3.8, 4) is 0 Å². The molecule has 15 heavy (non-hydrogen) atoms. The second-order valence-electron chi connectivity index (χ2n) is 3.75. The largest absolute Gasteiger partial charge is 0.367 e. The molecule has 0 aliphatic heterocycles. The minimum Gasteiger partial charge on any atom is -0.367 e. The molecule has 1 unspecified atom stereocenters. The van der Waals surface area contributed by atoms with Crippen LogP contribution in [0.3, 0.4) is 0 Å². The molecule has 1 rings (SSSR count). The molecule has 0 bridgehead atoms. The van der Waals surface area contributed by atoms with Crippen LogP contribution in [0, 0.1) is 0 Å². The van der Waals surface area contributed by atoms with E-state index in [1.54, 1.807) is 24.1 Å². The maximum absolute atomic E-state index is 12.1. The molecule has 0 N–H and O–H groups in total. The molecule has 1 heterocycles. The highest BCUT2D eigenvalue weighted by Crippen LogP contribution is 2.21. The lowest BCUT2D eigenvalue weighted by atomic mass is 9.94. The van der Waals surface area contributed by atoms with Gasteiger partial charge in [0.15, 0.2) is 5.78 Å². The quantitative estimate of drug-likeness (QED) is 0.696. The molecule has 1 aromatic heterocycles. The fourth-order valence-corrected chi connectivity index (χ4v) is 1.49. The van der Waals surface area contributed by atoms with Gasteiger partial charge in [0.2, 0.25) is 0 Å². The number of ketones is 1. The predicted molar refractivity (Wildman–Crippen MR) is 57.9 cm³/mol. The third-order valence-electron chi connectivity index (χ3n) is 2.58. The van der Waals surface area contributed by atoms with E-state index in [1.807, 2.05) is 20.8 Å². The molecule has 1 aromatic rings. The van der Waals surface area contributed by atoms with Gasteiger partial charge in [0.05, 0.1) is 11.8 Å². The number of hydrogen-bond acceptors (Lipinski definition) is 3. The highest BCUT2D eigenvalue weighted by Gasteiger charge is 2.33. The van der Waals surface area contributed by atoms with Crippen LogP contribution in [0.2, 0.25) is 0 Å². The van der Waals surface area contributed by atoms with Crippen LogP contribution in [0.5, 0.6) is 0 Å². The van der Waals surface area contributed by atoms with Crippen molar-refractivity contribution >= 4 is 5.78 Å². The van der Waals surface area contributed by atoms with Crippen LogP contribution in [0.4, 0.5) is 0 Å². The number of nitrogens with zero attached hydrogens (tertiary/aromatic N) is 2. The fraction of sp³-hybridized carbons (Fsp3) is 0.636. The first-order chi connectivity index (χ1) is 7.03. The summed E-state index contributed by atoms with van der Waals surface area (Å²) in [6.45, 7) is 6.20. The highest BCUT2D eigenvalue weighted by atomic mass is 16.5. The minimum atomic E-state index is -0.724. The SMILES string of the molecule is CCOC(C)(CC)C(=O)c1cnn(C)c1. The number of carbonyl (C=O) groups excluding carboxylic acids is 1. The lowest BCUT2D eigenvalue weighted by molar-refractivity contribution is -0.0116. The molecule has 4 nitrogen and oxygen atoms in total. The lowest BCUT2D eigenvalue weighted by Gasteiger charge is -2.25. The molecule has 0 saturated carbocycles. The first-order valence-electron chi connectivity index (χ1n) is 5.21. The van der Waals surface area contributed by atoms with Gasteiger partial charge in [0, 0.05) is 19.9 Å². The summed E-state index contributed by atoms with van der Waals surface area (Å²) in [5.74, 6) is -0.0000463. The molecule has 0 amide bonds. The number of carbonyl (C=O) groups is 1. The van der Waals surface area contributed by atoms with Crippen molar-refractivity contribution in [3.63, 3.8) is 0 Å². The van der Waals surface area contributed by atoms with Gasteiger partial charge in [-0.25, -0.2) is 0 Å². The van der Waals surface area contributed by atoms with Gasteiger partial charge in [-0.15, -0.1) is 0 Å². The van der Waals surface area contributed by atoms with E-state index in [2.05, 4.69) is 5.10 Å². The number of ether oxygens (including phenoxy) is 1. The van der Waals surface area contributed by atoms with Gasteiger partial charge in [0.1, 0.15) is 5.60 Å². The number of Topliss-reactive ketones (excluding diaryl/α,β-unsaturated/α-hetero) is 1. The number of hydrogen-bond donors (Lipinski definition) is 0. The van der Waals surface area contributed by atoms with Crippen LogP contribution in [0.15, 0.2) is 12.4 Å². The Morgan fingerprint density at radius 3 is 2.67 bits per heavy atom. The van der Waals surface area contributed by atoms with Gasteiger partial charge >= 0.3 is 0 Å². The Labute approximate surface area is 90.2 Å². The van der Waals surface area contributed by atoms with E-state index in [4.69, 9.17) is 4.74 Å². The highest BCUT2D eigenvalue weighted by molar-refractivity contribution is 6.01. The van der Waals surface area contributed by atoms with E-state index < -0.39 is 5.60 Å². The van der Waals surface area contributed by atoms with E-state index in [0.29, 0.717) is 18.6 Å². The third kappa shape index (κ3) is 2.45. The van der Waals surface area contributed by atoms with Gasteiger partial charge in [0.25, 0.3) is 0 Å². The minimum absolute atomic E-state index is 0.0000463. The zero-order chi connectivity index (χ0) is 11.5. The summed E-state index contributed by atoms with van der Waals surface area (Å²) in [6, 6.07) is 0. The summed E-state index contributed by atoms with van der Waals surface area (Å²) in [5, 5.41) is 3.99. The predicted octanol–water partition coefficient (Wildman–Crippen LogP) is 1.81. The van der Waals surface area contributed by atoms with Crippen LogP contribution in [0.1, 0.15) is 37.6 Å². The number of aryl methyl sites for hydroxylation is 1. The van der Waals surface area contributed by atoms with Crippen LogP contribution >= 0.6 is 0 Å². The summed E-state index contributed by atoms with van der Waals surface area (Å²) in [5.41, 5.74) is -0.118. The lowest BCUT2D eigenvalue weighted by Crippen LogP contribution is -2.37. The van der Waals surface area contributed by atoms with Crippen LogP contribution in [-0.2, 0) is 11.8 Å². The molecular formula is C11H18N2O2. The van der Waals surface area contributed by atoms with Crippen LogP contribution in [0.25, 0.3) is 0 Å². The van der Waals surface area contributed by atoms with E-state index >= 15 is 0 Å².